The van der Waals surface area contributed by atoms with Gasteiger partial charge in [-0.05, 0) is 78.4 Å². The summed E-state index contributed by atoms with van der Waals surface area (Å²) in [6.45, 7) is 40.4. The number of hydrogen-bond acceptors (Lipinski definition) is 2. The van der Waals surface area contributed by atoms with E-state index in [1.54, 1.807) is 6.42 Å². The van der Waals surface area contributed by atoms with Crippen LogP contribution in [-0.4, -0.2) is 13.1 Å². The van der Waals surface area contributed by atoms with E-state index in [4.69, 9.17) is 0 Å². The number of esters is 1. The minimum atomic E-state index is -0.0823. The second kappa shape index (κ2) is 36.4. The first-order valence-electron chi connectivity index (χ1n) is 22.9. The van der Waals surface area contributed by atoms with Crippen LogP contribution in [0.25, 0.3) is 0 Å². The minimum absolute atomic E-state index is 0.0755. The highest BCUT2D eigenvalue weighted by molar-refractivity contribution is 5.71. The fourth-order valence-electron chi connectivity index (χ4n) is 7.74. The van der Waals surface area contributed by atoms with Gasteiger partial charge < -0.3 is 4.74 Å². The fourth-order valence-corrected chi connectivity index (χ4v) is 7.74. The van der Waals surface area contributed by atoms with Gasteiger partial charge in [0, 0.05) is 0 Å². The number of methoxy groups -OCH3 is 1. The van der Waals surface area contributed by atoms with E-state index in [9.17, 15) is 4.79 Å². The van der Waals surface area contributed by atoms with Crippen molar-refractivity contribution in [1.82, 2.24) is 0 Å². The van der Waals surface area contributed by atoms with Crippen LogP contribution in [0.15, 0.2) is 0 Å². The molecule has 2 fully saturated rings. The highest BCUT2D eigenvalue weighted by Gasteiger charge is 2.24. The molecule has 0 spiro atoms. The summed E-state index contributed by atoms with van der Waals surface area (Å²) in [5.41, 5.74) is 1.14. The van der Waals surface area contributed by atoms with Crippen LogP contribution in [0.1, 0.15) is 253 Å². The molecule has 51 heavy (non-hydrogen) atoms. The second-order valence-electron chi connectivity index (χ2n) is 18.9. The molecular weight excluding hydrogens is 621 g/mol. The van der Waals surface area contributed by atoms with E-state index in [1.807, 2.05) is 20.8 Å². The molecule has 2 aliphatic carbocycles. The van der Waals surface area contributed by atoms with Crippen LogP contribution < -0.4 is 0 Å². The Labute approximate surface area is 327 Å². The summed E-state index contributed by atoms with van der Waals surface area (Å²) < 4.78 is 4.60. The maximum atomic E-state index is 10.9. The summed E-state index contributed by atoms with van der Waals surface area (Å²) in [5, 5.41) is 0. The van der Waals surface area contributed by atoms with Crippen molar-refractivity contribution in [3.05, 3.63) is 0 Å². The molecule has 2 saturated carbocycles. The third-order valence-corrected chi connectivity index (χ3v) is 11.2. The molecule has 0 aromatic rings. The van der Waals surface area contributed by atoms with Gasteiger partial charge in [-0.15, -0.1) is 0 Å². The topological polar surface area (TPSA) is 26.3 Å². The molecule has 0 saturated heterocycles. The third kappa shape index (κ3) is 39.0. The van der Waals surface area contributed by atoms with Crippen molar-refractivity contribution >= 4 is 5.97 Å². The summed E-state index contributed by atoms with van der Waals surface area (Å²) in [6.07, 6.45) is 27.5. The standard InChI is InChI=1S/C15H28.C11H24.C9H18O2.C9H20.C3H8.C2H6/c1-12-3-7-14(8-4-12)11-15-9-5-13(2)6-10-15;1-6-8-11(4,5)9-10(3)7-2;1-4-5-6-7-8(2)9(10)11-3;1-6-9(4,5)7-8(2)3;1-3-2;1-2/h12-15H,3-11H2,1-2H3;10H,6-9H2,1-5H3;8H,4-7H2,1-3H3;8H,6-7H2,1-5H3;3H2,1-2H3;1-2H3. The lowest BCUT2D eigenvalue weighted by Gasteiger charge is -2.32. The average molecular weight is 725 g/mol. The molecule has 0 aromatic heterocycles. The molecule has 2 unspecified atom stereocenters. The summed E-state index contributed by atoms with van der Waals surface area (Å²) in [5.74, 6) is 5.98. The monoisotopic (exact) mass is 725 g/mol. The van der Waals surface area contributed by atoms with Crippen LogP contribution in [0.3, 0.4) is 0 Å². The molecule has 0 bridgehead atoms. The van der Waals surface area contributed by atoms with E-state index in [2.05, 4.69) is 109 Å². The van der Waals surface area contributed by atoms with Gasteiger partial charge in [-0.25, -0.2) is 0 Å². The van der Waals surface area contributed by atoms with E-state index in [0.29, 0.717) is 10.8 Å². The van der Waals surface area contributed by atoms with Crippen LogP contribution in [-0.2, 0) is 9.53 Å². The first-order chi connectivity index (χ1) is 23.9. The number of ether oxygens (including phenoxy) is 1. The molecule has 2 heteroatoms. The maximum absolute atomic E-state index is 10.9. The van der Waals surface area contributed by atoms with E-state index in [1.165, 1.54) is 116 Å². The van der Waals surface area contributed by atoms with Crippen molar-refractivity contribution < 1.29 is 9.53 Å². The van der Waals surface area contributed by atoms with E-state index >= 15 is 0 Å². The first kappa shape index (κ1) is 57.2. The Morgan fingerprint density at radius 3 is 1.39 bits per heavy atom. The molecule has 0 heterocycles. The number of rotatable bonds is 15. The van der Waals surface area contributed by atoms with E-state index in [0.717, 1.165) is 48.3 Å². The molecular formula is C49H104O2. The van der Waals surface area contributed by atoms with Crippen LogP contribution >= 0.6 is 0 Å². The third-order valence-electron chi connectivity index (χ3n) is 11.2. The molecule has 2 aliphatic rings. The van der Waals surface area contributed by atoms with Crippen LogP contribution in [0.4, 0.5) is 0 Å². The molecule has 0 radical (unpaired) electrons. The molecule has 0 N–H and O–H groups in total. The van der Waals surface area contributed by atoms with Crippen molar-refractivity contribution in [3.63, 3.8) is 0 Å². The van der Waals surface area contributed by atoms with Crippen LogP contribution in [0.2, 0.25) is 0 Å². The largest absolute Gasteiger partial charge is 0.469 e. The van der Waals surface area contributed by atoms with Gasteiger partial charge in [0.2, 0.25) is 0 Å². The average Bonchev–Trinajstić information content (AvgIpc) is 3.08. The number of carbonyl (C=O) groups excluding carboxylic acids is 1. The Hall–Kier alpha value is -0.530. The Balaban J connectivity index is -0.000000281. The quantitative estimate of drug-likeness (QED) is 0.124. The Kier molecular flexibility index (Phi) is 40.9. The van der Waals surface area contributed by atoms with Gasteiger partial charge in [-0.1, -0.05) is 221 Å². The van der Waals surface area contributed by atoms with Gasteiger partial charge in [0.25, 0.3) is 0 Å². The van der Waals surface area contributed by atoms with Gasteiger partial charge in [0.15, 0.2) is 0 Å². The highest BCUT2D eigenvalue weighted by Crippen LogP contribution is 2.38. The zero-order valence-corrected chi connectivity index (χ0v) is 39.5. The van der Waals surface area contributed by atoms with Gasteiger partial charge >= 0.3 is 5.97 Å². The summed E-state index contributed by atoms with van der Waals surface area (Å²) in [6, 6.07) is 0. The smallest absolute Gasteiger partial charge is 0.308 e. The predicted molar refractivity (Wildman–Crippen MR) is 236 cm³/mol. The molecule has 0 aliphatic heterocycles. The number of hydrogen-bond donors (Lipinski definition) is 0. The predicted octanol–water partition coefficient (Wildman–Crippen LogP) is 17.6. The Morgan fingerprint density at radius 1 is 0.667 bits per heavy atom. The summed E-state index contributed by atoms with van der Waals surface area (Å²) in [4.78, 5) is 10.9. The highest BCUT2D eigenvalue weighted by atomic mass is 16.5. The summed E-state index contributed by atoms with van der Waals surface area (Å²) >= 11 is 0. The lowest BCUT2D eigenvalue weighted by Crippen LogP contribution is -2.19. The van der Waals surface area contributed by atoms with Gasteiger partial charge in [0.1, 0.15) is 0 Å². The zero-order valence-electron chi connectivity index (χ0n) is 39.5. The van der Waals surface area contributed by atoms with Gasteiger partial charge in [-0.2, -0.15) is 0 Å². The Bertz CT molecular complexity index is 671. The molecule has 312 valence electrons. The second-order valence-corrected chi connectivity index (χ2v) is 18.9. The number of carbonyl (C=O) groups is 1. The number of unbranched alkanes of at least 4 members (excludes halogenated alkanes) is 2. The zero-order chi connectivity index (χ0) is 40.5. The molecule has 0 aromatic carbocycles. The van der Waals surface area contributed by atoms with Crippen molar-refractivity contribution in [2.75, 3.05) is 7.11 Å². The van der Waals surface area contributed by atoms with E-state index < -0.39 is 0 Å². The molecule has 2 atom stereocenters. The van der Waals surface area contributed by atoms with Crippen molar-refractivity contribution in [3.8, 4) is 0 Å². The van der Waals surface area contributed by atoms with Crippen molar-refractivity contribution in [1.29, 1.82) is 0 Å². The van der Waals surface area contributed by atoms with Crippen molar-refractivity contribution in [2.24, 2.45) is 52.3 Å². The lowest BCUT2D eigenvalue weighted by atomic mass is 9.74. The fraction of sp³-hybridized carbons (Fsp3) is 0.980. The molecule has 2 rings (SSSR count). The van der Waals surface area contributed by atoms with E-state index in [-0.39, 0.29) is 11.9 Å². The molecule has 0 amide bonds. The van der Waals surface area contributed by atoms with Gasteiger partial charge in [0.05, 0.1) is 13.0 Å². The Morgan fingerprint density at radius 2 is 1.10 bits per heavy atom. The molecule has 2 nitrogen and oxygen atoms in total. The normalized spacial score (nSPS) is 21.3. The van der Waals surface area contributed by atoms with Crippen LogP contribution in [0.5, 0.6) is 0 Å². The summed E-state index contributed by atoms with van der Waals surface area (Å²) in [7, 11) is 1.44. The lowest BCUT2D eigenvalue weighted by molar-refractivity contribution is -0.145. The first-order valence-corrected chi connectivity index (χ1v) is 22.9. The SMILES string of the molecule is CC.CC1CCC(CC2CCC(C)CC2)CC1.CCC.CCC(C)(C)CC(C)C.CCCC(C)(C)CC(C)CC.CCCCCC(C)C(=O)OC. The minimum Gasteiger partial charge on any atom is -0.469 e. The van der Waals surface area contributed by atoms with Crippen LogP contribution in [0, 0.1) is 52.3 Å². The van der Waals surface area contributed by atoms with Gasteiger partial charge in [-0.3, -0.25) is 4.79 Å². The van der Waals surface area contributed by atoms with Crippen molar-refractivity contribution in [2.45, 2.75) is 253 Å². The maximum Gasteiger partial charge on any atom is 0.308 e.